The Kier molecular flexibility index (Phi) is 3.17. The average Bonchev–Trinajstić information content (AvgIpc) is 2.73. The van der Waals surface area contributed by atoms with Crippen molar-refractivity contribution in [3.05, 3.63) is 59.0 Å². The molecule has 0 amide bonds. The number of nitrogens with two attached hydrogens (primary N) is 1. The van der Waals surface area contributed by atoms with Gasteiger partial charge in [0.2, 0.25) is 0 Å². The lowest BCUT2D eigenvalue weighted by Gasteiger charge is -2.17. The van der Waals surface area contributed by atoms with Crippen LogP contribution in [0.2, 0.25) is 0 Å². The molecular weight excluding hydrogens is 243 g/mol. The van der Waals surface area contributed by atoms with E-state index in [0.717, 1.165) is 6.07 Å². The fourth-order valence-corrected chi connectivity index (χ4v) is 1.91. The quantitative estimate of drug-likeness (QED) is 0.889. The Bertz CT molecular complexity index is 545. The summed E-state index contributed by atoms with van der Waals surface area (Å²) in [7, 11) is 0. The summed E-state index contributed by atoms with van der Waals surface area (Å²) in [6.07, 6.45) is -2.99. The average molecular weight is 255 g/mol. The maximum atomic E-state index is 12.9. The molecule has 1 atom stereocenters. The number of furan rings is 1. The third-order valence-corrected chi connectivity index (χ3v) is 2.84. The van der Waals surface area contributed by atoms with Gasteiger partial charge in [-0.25, -0.2) is 0 Å². The second-order valence-corrected chi connectivity index (χ2v) is 3.99. The van der Waals surface area contributed by atoms with E-state index in [-0.39, 0.29) is 5.56 Å². The van der Waals surface area contributed by atoms with Gasteiger partial charge in [0.15, 0.2) is 0 Å². The van der Waals surface area contributed by atoms with Crippen LogP contribution in [0.4, 0.5) is 13.2 Å². The van der Waals surface area contributed by atoms with Gasteiger partial charge in [0.05, 0.1) is 17.9 Å². The highest BCUT2D eigenvalue weighted by atomic mass is 19.4. The molecule has 0 fully saturated rings. The molecule has 2 nitrogen and oxygen atoms in total. The lowest BCUT2D eigenvalue weighted by molar-refractivity contribution is -0.138. The molecule has 1 heterocycles. The van der Waals surface area contributed by atoms with E-state index in [9.17, 15) is 13.2 Å². The molecule has 2 rings (SSSR count). The fraction of sp³-hybridized carbons (Fsp3) is 0.231. The topological polar surface area (TPSA) is 39.2 Å². The van der Waals surface area contributed by atoms with Gasteiger partial charge in [0.1, 0.15) is 5.76 Å². The van der Waals surface area contributed by atoms with Crippen LogP contribution in [0, 0.1) is 6.92 Å². The second kappa shape index (κ2) is 4.49. The molecule has 0 saturated carbocycles. The molecular formula is C13H12F3NO. The first-order valence-electron chi connectivity index (χ1n) is 5.37. The van der Waals surface area contributed by atoms with Gasteiger partial charge in [-0.15, -0.1) is 0 Å². The predicted octanol–water partition coefficient (Wildman–Crippen LogP) is 3.65. The molecule has 96 valence electrons. The molecule has 0 radical (unpaired) electrons. The molecule has 1 aromatic heterocycles. The van der Waals surface area contributed by atoms with Crippen LogP contribution in [0.15, 0.2) is 41.0 Å². The highest BCUT2D eigenvalue weighted by molar-refractivity contribution is 5.39. The molecule has 0 aliphatic carbocycles. The lowest BCUT2D eigenvalue weighted by Crippen LogP contribution is -2.18. The summed E-state index contributed by atoms with van der Waals surface area (Å²) in [4.78, 5) is 0. The Hall–Kier alpha value is -1.75. The van der Waals surface area contributed by atoms with E-state index < -0.39 is 17.8 Å². The van der Waals surface area contributed by atoms with Gasteiger partial charge in [-0.05, 0) is 24.6 Å². The van der Waals surface area contributed by atoms with Gasteiger partial charge >= 0.3 is 6.18 Å². The molecule has 18 heavy (non-hydrogen) atoms. The lowest BCUT2D eigenvalue weighted by atomic mass is 9.95. The van der Waals surface area contributed by atoms with Crippen LogP contribution in [-0.2, 0) is 6.18 Å². The number of halogens is 3. The molecule has 2 N–H and O–H groups in total. The Labute approximate surface area is 102 Å². The summed E-state index contributed by atoms with van der Waals surface area (Å²) in [5, 5.41) is 0. The first-order chi connectivity index (χ1) is 8.41. The SMILES string of the molecule is Cc1occc1C(N)c1ccccc1C(F)(F)F. The third-order valence-electron chi connectivity index (χ3n) is 2.84. The van der Waals surface area contributed by atoms with Crippen LogP contribution in [0.25, 0.3) is 0 Å². The first kappa shape index (κ1) is 12.7. The number of benzene rings is 1. The van der Waals surface area contributed by atoms with E-state index in [4.69, 9.17) is 10.2 Å². The zero-order chi connectivity index (χ0) is 13.3. The van der Waals surface area contributed by atoms with Crippen molar-refractivity contribution in [1.29, 1.82) is 0 Å². The Morgan fingerprint density at radius 1 is 1.11 bits per heavy atom. The highest BCUT2D eigenvalue weighted by Crippen LogP contribution is 2.36. The zero-order valence-corrected chi connectivity index (χ0v) is 9.66. The van der Waals surface area contributed by atoms with E-state index in [2.05, 4.69) is 0 Å². The minimum Gasteiger partial charge on any atom is -0.469 e. The smallest absolute Gasteiger partial charge is 0.416 e. The number of alkyl halides is 3. The van der Waals surface area contributed by atoms with E-state index in [1.54, 1.807) is 19.1 Å². The van der Waals surface area contributed by atoms with Crippen LogP contribution in [0.1, 0.15) is 28.5 Å². The van der Waals surface area contributed by atoms with Crippen molar-refractivity contribution >= 4 is 0 Å². The third kappa shape index (κ3) is 2.26. The van der Waals surface area contributed by atoms with Crippen LogP contribution in [-0.4, -0.2) is 0 Å². The maximum Gasteiger partial charge on any atom is 0.416 e. The van der Waals surface area contributed by atoms with Crippen LogP contribution in [0.5, 0.6) is 0 Å². The predicted molar refractivity (Wildman–Crippen MR) is 60.9 cm³/mol. The van der Waals surface area contributed by atoms with Crippen molar-refractivity contribution in [3.63, 3.8) is 0 Å². The summed E-state index contributed by atoms with van der Waals surface area (Å²) >= 11 is 0. The molecule has 1 unspecified atom stereocenters. The standard InChI is InChI=1S/C13H12F3NO/c1-8-9(6-7-18-8)12(17)10-4-2-3-5-11(10)13(14,15)16/h2-7,12H,17H2,1H3. The minimum atomic E-state index is -4.41. The fourth-order valence-electron chi connectivity index (χ4n) is 1.91. The zero-order valence-electron chi connectivity index (χ0n) is 9.66. The van der Waals surface area contributed by atoms with Crippen LogP contribution >= 0.6 is 0 Å². The number of hydrogen-bond acceptors (Lipinski definition) is 2. The Morgan fingerprint density at radius 2 is 1.78 bits per heavy atom. The van der Waals surface area contributed by atoms with E-state index >= 15 is 0 Å². The van der Waals surface area contributed by atoms with Crippen molar-refractivity contribution in [3.8, 4) is 0 Å². The van der Waals surface area contributed by atoms with Crippen molar-refractivity contribution in [2.45, 2.75) is 19.1 Å². The van der Waals surface area contributed by atoms with Gasteiger partial charge < -0.3 is 10.2 Å². The van der Waals surface area contributed by atoms with Crippen molar-refractivity contribution in [2.24, 2.45) is 5.73 Å². The molecule has 0 bridgehead atoms. The summed E-state index contributed by atoms with van der Waals surface area (Å²) in [5.74, 6) is 0.527. The molecule has 0 aliphatic rings. The van der Waals surface area contributed by atoms with E-state index in [1.165, 1.54) is 18.4 Å². The van der Waals surface area contributed by atoms with Gasteiger partial charge in [-0.3, -0.25) is 0 Å². The van der Waals surface area contributed by atoms with Crippen LogP contribution < -0.4 is 5.73 Å². The van der Waals surface area contributed by atoms with Gasteiger partial charge in [-0.2, -0.15) is 13.2 Å². The minimum absolute atomic E-state index is 0.0505. The second-order valence-electron chi connectivity index (χ2n) is 3.99. The summed E-state index contributed by atoms with van der Waals surface area (Å²) in [6.45, 7) is 1.67. The van der Waals surface area contributed by atoms with Gasteiger partial charge in [0.25, 0.3) is 0 Å². The molecule has 0 spiro atoms. The number of aryl methyl sites for hydroxylation is 1. The van der Waals surface area contributed by atoms with E-state index in [0.29, 0.717) is 11.3 Å². The molecule has 1 aromatic carbocycles. The maximum absolute atomic E-state index is 12.9. The molecule has 0 aliphatic heterocycles. The number of rotatable bonds is 2. The van der Waals surface area contributed by atoms with Crippen molar-refractivity contribution in [2.75, 3.05) is 0 Å². The summed E-state index contributed by atoms with van der Waals surface area (Å²) < 4.78 is 43.7. The van der Waals surface area contributed by atoms with E-state index in [1.807, 2.05) is 0 Å². The molecule has 0 saturated heterocycles. The summed E-state index contributed by atoms with van der Waals surface area (Å²) in [5.41, 5.74) is 5.80. The molecule has 5 heteroatoms. The Morgan fingerprint density at radius 3 is 2.33 bits per heavy atom. The van der Waals surface area contributed by atoms with Gasteiger partial charge in [0, 0.05) is 5.56 Å². The summed E-state index contributed by atoms with van der Waals surface area (Å²) in [6, 6.07) is 6.06. The largest absolute Gasteiger partial charge is 0.469 e. The van der Waals surface area contributed by atoms with Crippen molar-refractivity contribution < 1.29 is 17.6 Å². The number of hydrogen-bond donors (Lipinski definition) is 1. The monoisotopic (exact) mass is 255 g/mol. The van der Waals surface area contributed by atoms with Crippen molar-refractivity contribution in [1.82, 2.24) is 0 Å². The Balaban J connectivity index is 2.49. The molecule has 2 aromatic rings. The van der Waals surface area contributed by atoms with Gasteiger partial charge in [-0.1, -0.05) is 18.2 Å². The first-order valence-corrected chi connectivity index (χ1v) is 5.37. The normalized spacial score (nSPS) is 13.6. The highest BCUT2D eigenvalue weighted by Gasteiger charge is 2.34. The van der Waals surface area contributed by atoms with Crippen LogP contribution in [0.3, 0.4) is 0 Å².